The second-order valence-corrected chi connectivity index (χ2v) is 4.93. The molecule has 4 nitrogen and oxygen atoms in total. The number of carbonyl (C=O) groups is 2. The molecule has 1 unspecified atom stereocenters. The van der Waals surface area contributed by atoms with Crippen LogP contribution >= 0.6 is 11.8 Å². The molecule has 0 aliphatic carbocycles. The van der Waals surface area contributed by atoms with Gasteiger partial charge in [-0.3, -0.25) is 4.79 Å². The minimum Gasteiger partial charge on any atom is -0.465 e. The predicted molar refractivity (Wildman–Crippen MR) is 66.3 cm³/mol. The Morgan fingerprint density at radius 1 is 1.53 bits per heavy atom. The van der Waals surface area contributed by atoms with Gasteiger partial charge >= 0.3 is 5.97 Å². The first-order valence-electron chi connectivity index (χ1n) is 5.28. The maximum Gasteiger partial charge on any atom is 0.340 e. The molecule has 2 rings (SSSR count). The number of anilines is 1. The molecule has 0 radical (unpaired) electrons. The molecule has 0 saturated carbocycles. The van der Waals surface area contributed by atoms with Gasteiger partial charge in [-0.25, -0.2) is 4.79 Å². The number of thioether (sulfide) groups is 1. The van der Waals surface area contributed by atoms with Crippen molar-refractivity contribution in [3.63, 3.8) is 0 Å². The second-order valence-electron chi connectivity index (χ2n) is 3.87. The van der Waals surface area contributed by atoms with Crippen molar-refractivity contribution in [3.05, 3.63) is 23.8 Å². The summed E-state index contributed by atoms with van der Waals surface area (Å²) in [7, 11) is 1.33. The number of hydrogen-bond acceptors (Lipinski definition) is 4. The third-order valence-corrected chi connectivity index (χ3v) is 3.93. The number of methoxy groups -OCH3 is 1. The van der Waals surface area contributed by atoms with Gasteiger partial charge in [0.25, 0.3) is 0 Å². The van der Waals surface area contributed by atoms with Crippen LogP contribution < -0.4 is 5.32 Å². The lowest BCUT2D eigenvalue weighted by Crippen LogP contribution is -2.21. The minimum atomic E-state index is -0.433. The fourth-order valence-electron chi connectivity index (χ4n) is 1.60. The van der Waals surface area contributed by atoms with E-state index >= 15 is 0 Å². The van der Waals surface area contributed by atoms with Gasteiger partial charge in [-0.2, -0.15) is 0 Å². The van der Waals surface area contributed by atoms with Gasteiger partial charge in [0.2, 0.25) is 5.91 Å². The molecule has 1 aromatic rings. The van der Waals surface area contributed by atoms with Crippen LogP contribution in [0.3, 0.4) is 0 Å². The van der Waals surface area contributed by atoms with E-state index in [0.29, 0.717) is 17.0 Å². The predicted octanol–water partition coefficient (Wildman–Crippen LogP) is 2.15. The zero-order valence-electron chi connectivity index (χ0n) is 9.65. The minimum absolute atomic E-state index is 0.0624. The van der Waals surface area contributed by atoms with Crippen molar-refractivity contribution in [1.29, 1.82) is 0 Å². The van der Waals surface area contributed by atoms with Crippen molar-refractivity contribution < 1.29 is 14.3 Å². The van der Waals surface area contributed by atoms with Crippen molar-refractivity contribution in [3.8, 4) is 0 Å². The lowest BCUT2D eigenvalue weighted by molar-refractivity contribution is -0.118. The fraction of sp³-hybridized carbons (Fsp3) is 0.333. The number of fused-ring (bicyclic) bond motifs is 1. The first-order valence-corrected chi connectivity index (χ1v) is 6.27. The molecule has 1 heterocycles. The Balaban J connectivity index is 2.47. The normalized spacial score (nSPS) is 18.9. The van der Waals surface area contributed by atoms with E-state index < -0.39 is 5.97 Å². The topological polar surface area (TPSA) is 55.4 Å². The standard InChI is InChI=1S/C12H13NO3S/c1-7-6-17-9-5-3-4-8(12(15)16-2)10(9)13-11(7)14/h3-5,7H,6H2,1-2H3,(H,13,14). The summed E-state index contributed by atoms with van der Waals surface area (Å²) in [4.78, 5) is 24.3. The van der Waals surface area contributed by atoms with E-state index in [-0.39, 0.29) is 11.8 Å². The quantitative estimate of drug-likeness (QED) is 0.777. The van der Waals surface area contributed by atoms with E-state index in [1.807, 2.05) is 13.0 Å². The number of benzene rings is 1. The average molecular weight is 251 g/mol. The second kappa shape index (κ2) is 4.79. The summed E-state index contributed by atoms with van der Waals surface area (Å²) in [6.45, 7) is 1.87. The van der Waals surface area contributed by atoms with Crippen LogP contribution in [-0.2, 0) is 9.53 Å². The van der Waals surface area contributed by atoms with Crippen LogP contribution in [0.2, 0.25) is 0 Å². The van der Waals surface area contributed by atoms with Crippen molar-refractivity contribution in [1.82, 2.24) is 0 Å². The molecule has 1 aliphatic rings. The Labute approximate surface area is 104 Å². The molecule has 1 N–H and O–H groups in total. The molecule has 0 spiro atoms. The van der Waals surface area contributed by atoms with E-state index in [9.17, 15) is 9.59 Å². The molecule has 5 heteroatoms. The molecule has 1 aromatic carbocycles. The van der Waals surface area contributed by atoms with E-state index in [1.54, 1.807) is 23.9 Å². The van der Waals surface area contributed by atoms with Gasteiger partial charge < -0.3 is 10.1 Å². The van der Waals surface area contributed by atoms with E-state index in [2.05, 4.69) is 5.32 Å². The molecule has 1 aliphatic heterocycles. The van der Waals surface area contributed by atoms with Gasteiger partial charge in [-0.1, -0.05) is 13.0 Å². The third kappa shape index (κ3) is 2.29. The number of esters is 1. The largest absolute Gasteiger partial charge is 0.465 e. The van der Waals surface area contributed by atoms with Gasteiger partial charge in [0.15, 0.2) is 0 Å². The van der Waals surface area contributed by atoms with Gasteiger partial charge in [-0.05, 0) is 12.1 Å². The van der Waals surface area contributed by atoms with Crippen LogP contribution in [0.25, 0.3) is 0 Å². The Hall–Kier alpha value is -1.49. The summed E-state index contributed by atoms with van der Waals surface area (Å²) in [6.07, 6.45) is 0. The first-order chi connectivity index (χ1) is 8.13. The zero-order chi connectivity index (χ0) is 12.4. The number of rotatable bonds is 1. The van der Waals surface area contributed by atoms with Gasteiger partial charge in [0, 0.05) is 16.6 Å². The highest BCUT2D eigenvalue weighted by atomic mass is 32.2. The fourth-order valence-corrected chi connectivity index (χ4v) is 2.66. The van der Waals surface area contributed by atoms with Crippen LogP contribution in [0.5, 0.6) is 0 Å². The Morgan fingerprint density at radius 2 is 2.29 bits per heavy atom. The number of para-hydroxylation sites is 1. The number of amides is 1. The lowest BCUT2D eigenvalue weighted by Gasteiger charge is -2.10. The number of nitrogens with one attached hydrogen (secondary N) is 1. The van der Waals surface area contributed by atoms with E-state index in [1.165, 1.54) is 7.11 Å². The maximum atomic E-state index is 11.8. The lowest BCUT2D eigenvalue weighted by atomic mass is 10.1. The summed E-state index contributed by atoms with van der Waals surface area (Å²) in [6, 6.07) is 5.34. The summed E-state index contributed by atoms with van der Waals surface area (Å²) >= 11 is 1.57. The molecule has 0 fully saturated rings. The summed E-state index contributed by atoms with van der Waals surface area (Å²) in [5.41, 5.74) is 0.971. The highest BCUT2D eigenvalue weighted by Gasteiger charge is 2.24. The summed E-state index contributed by atoms with van der Waals surface area (Å²) in [5, 5.41) is 2.80. The van der Waals surface area contributed by atoms with Gasteiger partial charge in [-0.15, -0.1) is 11.8 Å². The van der Waals surface area contributed by atoms with Crippen LogP contribution in [-0.4, -0.2) is 24.7 Å². The SMILES string of the molecule is COC(=O)c1cccc2c1NC(=O)C(C)CS2. The van der Waals surface area contributed by atoms with Crippen LogP contribution in [0, 0.1) is 5.92 Å². The molecule has 17 heavy (non-hydrogen) atoms. The van der Waals surface area contributed by atoms with Crippen molar-refractivity contribution >= 4 is 29.3 Å². The highest BCUT2D eigenvalue weighted by Crippen LogP contribution is 2.35. The highest BCUT2D eigenvalue weighted by molar-refractivity contribution is 7.99. The van der Waals surface area contributed by atoms with Gasteiger partial charge in [0.1, 0.15) is 0 Å². The smallest absolute Gasteiger partial charge is 0.340 e. The van der Waals surface area contributed by atoms with Crippen molar-refractivity contribution in [2.24, 2.45) is 5.92 Å². The maximum absolute atomic E-state index is 11.8. The Morgan fingerprint density at radius 3 is 3.00 bits per heavy atom. The molecular formula is C12H13NO3S. The van der Waals surface area contributed by atoms with Crippen LogP contribution in [0.15, 0.2) is 23.1 Å². The average Bonchev–Trinajstić information content (AvgIpc) is 2.48. The number of hydrogen-bond donors (Lipinski definition) is 1. The molecule has 0 saturated heterocycles. The van der Waals surface area contributed by atoms with Crippen LogP contribution in [0.1, 0.15) is 17.3 Å². The number of carbonyl (C=O) groups excluding carboxylic acids is 2. The summed E-state index contributed by atoms with van der Waals surface area (Å²) in [5.74, 6) is 0.145. The first kappa shape index (κ1) is 12.0. The van der Waals surface area contributed by atoms with Gasteiger partial charge in [0.05, 0.1) is 18.4 Å². The molecule has 1 amide bonds. The van der Waals surface area contributed by atoms with E-state index in [0.717, 1.165) is 4.90 Å². The van der Waals surface area contributed by atoms with Crippen molar-refractivity contribution in [2.45, 2.75) is 11.8 Å². The Kier molecular flexibility index (Phi) is 3.38. The monoisotopic (exact) mass is 251 g/mol. The Bertz CT molecular complexity index is 473. The molecule has 0 bridgehead atoms. The van der Waals surface area contributed by atoms with Crippen LogP contribution in [0.4, 0.5) is 5.69 Å². The summed E-state index contributed by atoms with van der Waals surface area (Å²) < 4.78 is 4.71. The third-order valence-electron chi connectivity index (χ3n) is 2.62. The van der Waals surface area contributed by atoms with Crippen molar-refractivity contribution in [2.75, 3.05) is 18.2 Å². The zero-order valence-corrected chi connectivity index (χ0v) is 10.5. The molecular weight excluding hydrogens is 238 g/mol. The number of ether oxygens (including phenoxy) is 1. The molecule has 0 aromatic heterocycles. The van der Waals surface area contributed by atoms with E-state index in [4.69, 9.17) is 4.74 Å². The molecule has 90 valence electrons. The molecule has 1 atom stereocenters.